The molecule has 190 valence electrons. The third-order valence-electron chi connectivity index (χ3n) is 7.15. The van der Waals surface area contributed by atoms with Gasteiger partial charge < -0.3 is 16.4 Å². The maximum Gasteiger partial charge on any atom is 0.283 e. The molecule has 1 amide bonds. The molecule has 1 atom stereocenters. The molecular formula is C23H32Cl2N8O2. The lowest BCUT2D eigenvalue weighted by molar-refractivity contribution is 0.0609. The van der Waals surface area contributed by atoms with Gasteiger partial charge in [-0.1, -0.05) is 36.2 Å². The molecule has 35 heavy (non-hydrogen) atoms. The molecule has 0 saturated carbocycles. The number of hydrogen-bond donors (Lipinski definition) is 2. The Balaban J connectivity index is 1.40. The number of nitrogens with zero attached hydrogens (tertiary/aromatic N) is 6. The van der Waals surface area contributed by atoms with E-state index in [1.807, 2.05) is 6.07 Å². The average molecular weight is 523 g/mol. The molecule has 2 saturated heterocycles. The molecule has 0 aliphatic carbocycles. The molecule has 12 heteroatoms. The minimum atomic E-state index is -0.878. The van der Waals surface area contributed by atoms with Crippen LogP contribution in [-0.4, -0.2) is 75.0 Å². The Morgan fingerprint density at radius 3 is 2.49 bits per heavy atom. The molecule has 2 fully saturated rings. The number of piperazine rings is 1. The van der Waals surface area contributed by atoms with Gasteiger partial charge in [0.05, 0.1) is 0 Å². The number of piperidine rings is 1. The lowest BCUT2D eigenvalue weighted by Crippen LogP contribution is -2.59. The van der Waals surface area contributed by atoms with Crippen LogP contribution in [0.3, 0.4) is 0 Å². The fourth-order valence-electron chi connectivity index (χ4n) is 5.26. The quantitative estimate of drug-likeness (QED) is 0.549. The number of hydrogen-bond acceptors (Lipinski definition) is 8. The normalized spacial score (nSPS) is 20.3. The summed E-state index contributed by atoms with van der Waals surface area (Å²) in [6, 6.07) is 4.54. The minimum absolute atomic E-state index is 0.119. The Morgan fingerprint density at radius 2 is 1.86 bits per heavy atom. The van der Waals surface area contributed by atoms with Crippen molar-refractivity contribution < 1.29 is 4.79 Å². The van der Waals surface area contributed by atoms with Gasteiger partial charge in [0.25, 0.3) is 11.5 Å². The Kier molecular flexibility index (Phi) is 7.85. The van der Waals surface area contributed by atoms with Crippen molar-refractivity contribution in [3.8, 4) is 0 Å². The van der Waals surface area contributed by atoms with Crippen LogP contribution in [0.2, 0.25) is 10.3 Å². The molecule has 4 heterocycles. The van der Waals surface area contributed by atoms with Gasteiger partial charge in [-0.05, 0) is 38.4 Å². The predicted octanol–water partition coefficient (Wildman–Crippen LogP) is 1.73. The van der Waals surface area contributed by atoms with E-state index in [1.54, 1.807) is 13.1 Å². The maximum atomic E-state index is 12.6. The summed E-state index contributed by atoms with van der Waals surface area (Å²) in [7, 11) is 1.60. The van der Waals surface area contributed by atoms with Crippen molar-refractivity contribution >= 4 is 40.7 Å². The number of carbonyl (C=O) groups is 1. The van der Waals surface area contributed by atoms with Crippen LogP contribution in [0, 0.1) is 0 Å². The monoisotopic (exact) mass is 522 g/mol. The molecule has 2 aromatic heterocycles. The van der Waals surface area contributed by atoms with Crippen molar-refractivity contribution in [3.63, 3.8) is 0 Å². The molecule has 0 aromatic carbocycles. The molecule has 2 aliphatic rings. The Labute approximate surface area is 214 Å². The van der Waals surface area contributed by atoms with Gasteiger partial charge in [0.1, 0.15) is 16.8 Å². The van der Waals surface area contributed by atoms with E-state index in [-0.39, 0.29) is 10.8 Å². The second-order valence-electron chi connectivity index (χ2n) is 9.23. The van der Waals surface area contributed by atoms with Gasteiger partial charge in [-0.15, -0.1) is 0 Å². The first-order valence-electron chi connectivity index (χ1n) is 11.9. The van der Waals surface area contributed by atoms with Gasteiger partial charge in [-0.25, -0.2) is 9.97 Å². The fourth-order valence-corrected chi connectivity index (χ4v) is 5.75. The van der Waals surface area contributed by atoms with Crippen LogP contribution in [0.15, 0.2) is 16.9 Å². The summed E-state index contributed by atoms with van der Waals surface area (Å²) in [5.41, 5.74) is 11.5. The molecule has 4 N–H and O–H groups in total. The zero-order valence-electron chi connectivity index (χ0n) is 20.1. The topological polar surface area (TPSA) is 127 Å². The fraction of sp³-hybridized carbons (Fsp3) is 0.565. The standard InChI is InChI=1S/C23H32Cl2N8O2/c1-3-15-13-32(22-19(25)29-18(21(27)34)23(35)30(22)2)10-11-33(15)16-6-8-31(9-7-16)12-14-4-5-17(24)28-20(14)26/h4-5,15-16H,3,6-13H2,1-2H3,(H2,26,28)(H2,27,34)/t15-/m0/s1. The summed E-state index contributed by atoms with van der Waals surface area (Å²) in [6.45, 7) is 7.24. The van der Waals surface area contributed by atoms with E-state index in [0.29, 0.717) is 35.4 Å². The van der Waals surface area contributed by atoms with Crippen molar-refractivity contribution in [2.24, 2.45) is 12.8 Å². The first-order chi connectivity index (χ1) is 16.7. The van der Waals surface area contributed by atoms with Crippen molar-refractivity contribution in [1.82, 2.24) is 24.3 Å². The molecule has 0 spiro atoms. The van der Waals surface area contributed by atoms with E-state index >= 15 is 0 Å². The van der Waals surface area contributed by atoms with Gasteiger partial charge in [0.2, 0.25) is 0 Å². The molecular weight excluding hydrogens is 491 g/mol. The summed E-state index contributed by atoms with van der Waals surface area (Å²) < 4.78 is 1.38. The van der Waals surface area contributed by atoms with Gasteiger partial charge in [0, 0.05) is 50.9 Å². The lowest BCUT2D eigenvalue weighted by atomic mass is 9.98. The van der Waals surface area contributed by atoms with E-state index in [9.17, 15) is 9.59 Å². The molecule has 4 rings (SSSR count). The molecule has 2 aromatic rings. The van der Waals surface area contributed by atoms with Crippen LogP contribution in [0.25, 0.3) is 0 Å². The van der Waals surface area contributed by atoms with E-state index in [1.165, 1.54) is 4.57 Å². The number of nitrogen functional groups attached to an aromatic ring is 1. The number of nitrogens with two attached hydrogens (primary N) is 2. The SMILES string of the molecule is CC[C@H]1CN(c2c(Cl)nc(C(N)=O)c(=O)n2C)CCN1C1CCN(Cc2ccc(Cl)nc2N)CC1. The Morgan fingerprint density at radius 1 is 1.14 bits per heavy atom. The van der Waals surface area contributed by atoms with Crippen LogP contribution in [-0.2, 0) is 13.6 Å². The number of aromatic nitrogens is 3. The van der Waals surface area contributed by atoms with Crippen LogP contribution >= 0.6 is 23.2 Å². The predicted molar refractivity (Wildman–Crippen MR) is 138 cm³/mol. The molecule has 10 nitrogen and oxygen atoms in total. The van der Waals surface area contributed by atoms with E-state index in [4.69, 9.17) is 34.7 Å². The van der Waals surface area contributed by atoms with Crippen molar-refractivity contribution in [1.29, 1.82) is 0 Å². The summed E-state index contributed by atoms with van der Waals surface area (Å²) in [5.74, 6) is 0.147. The highest BCUT2D eigenvalue weighted by Crippen LogP contribution is 2.29. The third-order valence-corrected chi connectivity index (χ3v) is 7.61. The molecule has 0 bridgehead atoms. The Bertz CT molecular complexity index is 1150. The maximum absolute atomic E-state index is 12.6. The Hall–Kier alpha value is -2.40. The van der Waals surface area contributed by atoms with Crippen LogP contribution in [0.5, 0.6) is 0 Å². The summed E-state index contributed by atoms with van der Waals surface area (Å²) in [4.78, 5) is 39.4. The zero-order chi connectivity index (χ0) is 25.3. The minimum Gasteiger partial charge on any atom is -0.383 e. The second kappa shape index (κ2) is 10.7. The number of pyridine rings is 1. The smallest absolute Gasteiger partial charge is 0.283 e. The molecule has 2 aliphatic heterocycles. The van der Waals surface area contributed by atoms with Crippen molar-refractivity contribution in [3.05, 3.63) is 44.1 Å². The highest BCUT2D eigenvalue weighted by atomic mass is 35.5. The number of amides is 1. The highest BCUT2D eigenvalue weighted by Gasteiger charge is 2.35. The summed E-state index contributed by atoms with van der Waals surface area (Å²) in [6.07, 6.45) is 3.12. The van der Waals surface area contributed by atoms with Crippen LogP contribution in [0.1, 0.15) is 42.2 Å². The number of anilines is 2. The number of carbonyl (C=O) groups excluding carboxylic acids is 1. The molecule has 0 radical (unpaired) electrons. The van der Waals surface area contributed by atoms with Crippen molar-refractivity contribution in [2.75, 3.05) is 43.4 Å². The van der Waals surface area contributed by atoms with Gasteiger partial charge in [0.15, 0.2) is 10.8 Å². The van der Waals surface area contributed by atoms with E-state index < -0.39 is 11.5 Å². The lowest BCUT2D eigenvalue weighted by Gasteiger charge is -2.48. The number of halogens is 2. The first kappa shape index (κ1) is 25.7. The van der Waals surface area contributed by atoms with E-state index in [0.717, 1.165) is 57.5 Å². The van der Waals surface area contributed by atoms with Crippen LogP contribution < -0.4 is 21.9 Å². The zero-order valence-corrected chi connectivity index (χ0v) is 21.6. The van der Waals surface area contributed by atoms with Gasteiger partial charge >= 0.3 is 0 Å². The third kappa shape index (κ3) is 5.40. The number of primary amides is 1. The van der Waals surface area contributed by atoms with E-state index in [2.05, 4.69) is 31.6 Å². The first-order valence-corrected chi connectivity index (χ1v) is 12.7. The number of rotatable bonds is 6. The second-order valence-corrected chi connectivity index (χ2v) is 9.98. The number of likely N-dealkylation sites (tertiary alicyclic amines) is 1. The highest BCUT2D eigenvalue weighted by molar-refractivity contribution is 6.32. The average Bonchev–Trinajstić information content (AvgIpc) is 2.83. The summed E-state index contributed by atoms with van der Waals surface area (Å²) >= 11 is 12.3. The van der Waals surface area contributed by atoms with Gasteiger partial charge in [-0.3, -0.25) is 24.0 Å². The van der Waals surface area contributed by atoms with Crippen LogP contribution in [0.4, 0.5) is 11.6 Å². The van der Waals surface area contributed by atoms with Crippen molar-refractivity contribution in [2.45, 2.75) is 44.8 Å². The summed E-state index contributed by atoms with van der Waals surface area (Å²) in [5, 5.41) is 0.532. The largest absolute Gasteiger partial charge is 0.383 e. The van der Waals surface area contributed by atoms with Gasteiger partial charge in [-0.2, -0.15) is 0 Å². The molecule has 0 unspecified atom stereocenters.